The first-order valence-corrected chi connectivity index (χ1v) is 9.77. The molecule has 146 valence electrons. The summed E-state index contributed by atoms with van der Waals surface area (Å²) >= 11 is 6.20. The molecule has 3 aromatic rings. The van der Waals surface area contributed by atoms with Gasteiger partial charge in [-0.3, -0.25) is 4.79 Å². The molecule has 4 rings (SSSR count). The highest BCUT2D eigenvalue weighted by Crippen LogP contribution is 2.31. The summed E-state index contributed by atoms with van der Waals surface area (Å²) in [6, 6.07) is 13.9. The highest BCUT2D eigenvalue weighted by molar-refractivity contribution is 6.35. The van der Waals surface area contributed by atoms with E-state index in [4.69, 9.17) is 20.8 Å². The van der Waals surface area contributed by atoms with Gasteiger partial charge in [0.15, 0.2) is 11.3 Å². The molecule has 0 N–H and O–H groups in total. The molecular formula is C22H23ClN2O3. The minimum Gasteiger partial charge on any atom is -0.449 e. The van der Waals surface area contributed by atoms with Crippen molar-refractivity contribution in [1.29, 1.82) is 0 Å². The lowest BCUT2D eigenvalue weighted by Gasteiger charge is -2.29. The fraction of sp³-hybridized carbons (Fsp3) is 0.318. The predicted molar refractivity (Wildman–Crippen MR) is 111 cm³/mol. The second-order valence-electron chi connectivity index (χ2n) is 7.10. The molecule has 0 atom stereocenters. The number of hydrogen-bond acceptors (Lipinski definition) is 4. The van der Waals surface area contributed by atoms with Gasteiger partial charge in [0.25, 0.3) is 5.91 Å². The number of halogens is 1. The molecule has 28 heavy (non-hydrogen) atoms. The van der Waals surface area contributed by atoms with Gasteiger partial charge in [-0.05, 0) is 30.7 Å². The Morgan fingerprint density at radius 2 is 1.86 bits per heavy atom. The van der Waals surface area contributed by atoms with Crippen LogP contribution in [0, 0.1) is 6.92 Å². The number of amides is 1. The number of benzene rings is 2. The van der Waals surface area contributed by atoms with Crippen molar-refractivity contribution < 1.29 is 13.9 Å². The summed E-state index contributed by atoms with van der Waals surface area (Å²) in [7, 11) is 1.78. The Balaban J connectivity index is 1.49. The molecule has 0 spiro atoms. The number of nitrogens with zero attached hydrogens (tertiary/aromatic N) is 2. The number of aryl methyl sites for hydroxylation is 1. The third kappa shape index (κ3) is 3.60. The van der Waals surface area contributed by atoms with Crippen LogP contribution in [0.5, 0.6) is 0 Å². The van der Waals surface area contributed by atoms with E-state index in [0.717, 1.165) is 42.8 Å². The van der Waals surface area contributed by atoms with E-state index in [0.29, 0.717) is 22.9 Å². The fourth-order valence-corrected chi connectivity index (χ4v) is 3.78. The zero-order valence-electron chi connectivity index (χ0n) is 16.1. The quantitative estimate of drug-likeness (QED) is 0.649. The minimum atomic E-state index is -0.151. The maximum absolute atomic E-state index is 12.9. The van der Waals surface area contributed by atoms with Crippen molar-refractivity contribution in [3.63, 3.8) is 0 Å². The molecule has 0 bridgehead atoms. The number of carbonyl (C=O) groups excluding carboxylic acids is 1. The molecule has 1 aliphatic heterocycles. The summed E-state index contributed by atoms with van der Waals surface area (Å²) in [5, 5.41) is 1.39. The third-order valence-electron chi connectivity index (χ3n) is 5.19. The lowest BCUT2D eigenvalue weighted by atomic mass is 10.1. The lowest BCUT2D eigenvalue weighted by molar-refractivity contribution is 0.0755. The maximum atomic E-state index is 12.9. The second-order valence-corrected chi connectivity index (χ2v) is 7.51. The average Bonchev–Trinajstić information content (AvgIpc) is 3.07. The van der Waals surface area contributed by atoms with Crippen LogP contribution in [0.25, 0.3) is 11.0 Å². The number of furan rings is 1. The molecule has 5 nitrogen and oxygen atoms in total. The van der Waals surface area contributed by atoms with Gasteiger partial charge in [0.2, 0.25) is 0 Å². The Kier molecular flexibility index (Phi) is 5.29. The van der Waals surface area contributed by atoms with Crippen LogP contribution >= 0.6 is 11.6 Å². The van der Waals surface area contributed by atoms with Crippen LogP contribution in [-0.4, -0.2) is 44.2 Å². The van der Waals surface area contributed by atoms with Gasteiger partial charge in [-0.1, -0.05) is 35.9 Å². The molecule has 0 unspecified atom stereocenters. The van der Waals surface area contributed by atoms with Crippen LogP contribution in [0.2, 0.25) is 5.02 Å². The van der Waals surface area contributed by atoms with E-state index in [1.165, 1.54) is 5.69 Å². The lowest BCUT2D eigenvalue weighted by Crippen LogP contribution is -2.36. The summed E-state index contributed by atoms with van der Waals surface area (Å²) in [5.74, 6) is 0.192. The molecule has 0 radical (unpaired) electrons. The first-order valence-electron chi connectivity index (χ1n) is 9.39. The number of rotatable bonds is 4. The molecule has 1 aliphatic rings. The van der Waals surface area contributed by atoms with Gasteiger partial charge in [-0.15, -0.1) is 0 Å². The van der Waals surface area contributed by atoms with E-state index in [9.17, 15) is 4.79 Å². The normalized spacial score (nSPS) is 14.5. The molecule has 1 aromatic heterocycles. The van der Waals surface area contributed by atoms with E-state index in [2.05, 4.69) is 29.2 Å². The zero-order chi connectivity index (χ0) is 19.7. The summed E-state index contributed by atoms with van der Waals surface area (Å²) in [6.45, 7) is 5.74. The van der Waals surface area contributed by atoms with E-state index in [1.807, 2.05) is 19.1 Å². The van der Waals surface area contributed by atoms with Gasteiger partial charge in [-0.2, -0.15) is 0 Å². The molecule has 2 aromatic carbocycles. The molecule has 2 heterocycles. The van der Waals surface area contributed by atoms with Gasteiger partial charge in [0, 0.05) is 43.3 Å². The molecular weight excluding hydrogens is 376 g/mol. The van der Waals surface area contributed by atoms with Crippen molar-refractivity contribution in [2.45, 2.75) is 13.5 Å². The minimum absolute atomic E-state index is 0.151. The van der Waals surface area contributed by atoms with Crippen LogP contribution < -0.4 is 4.90 Å². The van der Waals surface area contributed by atoms with Crippen molar-refractivity contribution in [2.24, 2.45) is 0 Å². The first-order chi connectivity index (χ1) is 13.5. The number of anilines is 1. The van der Waals surface area contributed by atoms with Crippen molar-refractivity contribution >= 4 is 34.2 Å². The zero-order valence-corrected chi connectivity index (χ0v) is 16.8. The Morgan fingerprint density at radius 3 is 2.54 bits per heavy atom. The maximum Gasteiger partial charge on any atom is 0.289 e. The number of morpholine rings is 1. The smallest absolute Gasteiger partial charge is 0.289 e. The first kappa shape index (κ1) is 18.8. The molecule has 6 heteroatoms. The number of ether oxygens (including phenoxy) is 1. The predicted octanol–water partition coefficient (Wildman–Crippen LogP) is 4.50. The Morgan fingerprint density at radius 1 is 1.14 bits per heavy atom. The summed E-state index contributed by atoms with van der Waals surface area (Å²) in [6.07, 6.45) is 0. The fourth-order valence-electron chi connectivity index (χ4n) is 3.57. The van der Waals surface area contributed by atoms with Crippen molar-refractivity contribution in [2.75, 3.05) is 38.3 Å². The Labute approximate surface area is 169 Å². The SMILES string of the molecule is Cc1c(C(=O)N(C)Cc2ccc(N3CCOCC3)cc2)oc2c(Cl)cccc12. The van der Waals surface area contributed by atoms with Gasteiger partial charge in [-0.25, -0.2) is 0 Å². The monoisotopic (exact) mass is 398 g/mol. The topological polar surface area (TPSA) is 45.9 Å². The van der Waals surface area contributed by atoms with Crippen LogP contribution in [0.15, 0.2) is 46.9 Å². The number of hydrogen-bond donors (Lipinski definition) is 0. The summed E-state index contributed by atoms with van der Waals surface area (Å²) in [4.78, 5) is 16.9. The van der Waals surface area contributed by atoms with E-state index in [-0.39, 0.29) is 5.91 Å². The second kappa shape index (κ2) is 7.86. The summed E-state index contributed by atoms with van der Waals surface area (Å²) in [5.41, 5.74) is 3.63. The van der Waals surface area contributed by atoms with Crippen molar-refractivity contribution in [3.8, 4) is 0 Å². The Hall–Kier alpha value is -2.50. The number of fused-ring (bicyclic) bond motifs is 1. The largest absolute Gasteiger partial charge is 0.449 e. The number of para-hydroxylation sites is 1. The van der Waals surface area contributed by atoms with Gasteiger partial charge < -0.3 is 19.0 Å². The number of carbonyl (C=O) groups is 1. The van der Waals surface area contributed by atoms with E-state index < -0.39 is 0 Å². The molecule has 1 saturated heterocycles. The van der Waals surface area contributed by atoms with E-state index >= 15 is 0 Å². The van der Waals surface area contributed by atoms with Crippen LogP contribution in [0.1, 0.15) is 21.7 Å². The average molecular weight is 399 g/mol. The van der Waals surface area contributed by atoms with Gasteiger partial charge in [0.05, 0.1) is 18.2 Å². The molecule has 0 aliphatic carbocycles. The van der Waals surface area contributed by atoms with Crippen LogP contribution in [-0.2, 0) is 11.3 Å². The van der Waals surface area contributed by atoms with Crippen LogP contribution in [0.3, 0.4) is 0 Å². The highest BCUT2D eigenvalue weighted by atomic mass is 35.5. The van der Waals surface area contributed by atoms with Crippen LogP contribution in [0.4, 0.5) is 5.69 Å². The highest BCUT2D eigenvalue weighted by Gasteiger charge is 2.22. The standard InChI is InChI=1S/C22H23ClN2O3/c1-15-18-4-3-5-19(23)21(18)28-20(15)22(26)24(2)14-16-6-8-17(9-7-16)25-10-12-27-13-11-25/h3-9H,10-14H2,1-2H3. The Bertz CT molecular complexity index is 991. The molecule has 0 saturated carbocycles. The molecule has 1 fully saturated rings. The summed E-state index contributed by atoms with van der Waals surface area (Å²) < 4.78 is 11.2. The van der Waals surface area contributed by atoms with Gasteiger partial charge >= 0.3 is 0 Å². The van der Waals surface area contributed by atoms with Crippen molar-refractivity contribution in [3.05, 3.63) is 64.4 Å². The molecule has 1 amide bonds. The van der Waals surface area contributed by atoms with Crippen molar-refractivity contribution in [1.82, 2.24) is 4.90 Å². The third-order valence-corrected chi connectivity index (χ3v) is 5.49. The van der Waals surface area contributed by atoms with Gasteiger partial charge in [0.1, 0.15) is 0 Å². The van der Waals surface area contributed by atoms with E-state index in [1.54, 1.807) is 18.0 Å².